The third-order valence-corrected chi connectivity index (χ3v) is 10.5. The molecule has 1 N–H and O–H groups in total. The van der Waals surface area contributed by atoms with Crippen LogP contribution in [0.25, 0.3) is 43.5 Å². The number of aryl methyl sites for hydroxylation is 1. The monoisotopic (exact) mass is 573 g/mol. The maximum absolute atomic E-state index is 7.01. The van der Waals surface area contributed by atoms with E-state index in [1.165, 1.54) is 63.9 Å². The van der Waals surface area contributed by atoms with Crippen molar-refractivity contribution in [1.29, 1.82) is 0 Å². The second-order valence-corrected chi connectivity index (χ2v) is 13.0. The van der Waals surface area contributed by atoms with Crippen molar-refractivity contribution in [2.75, 3.05) is 5.09 Å². The Morgan fingerprint density at radius 1 is 0.714 bits per heavy atom. The van der Waals surface area contributed by atoms with E-state index in [1.807, 2.05) is 0 Å². The quantitative estimate of drug-likeness (QED) is 0.187. The van der Waals surface area contributed by atoms with Gasteiger partial charge in [-0.1, -0.05) is 118 Å². The molecule has 7 rings (SSSR count). The van der Waals surface area contributed by atoms with Gasteiger partial charge in [0.05, 0.1) is 0 Å². The number of nitrogens with one attached hydrogen (secondary N) is 1. The summed E-state index contributed by atoms with van der Waals surface area (Å²) < 4.78 is 13.8. The molecule has 4 heteroatoms. The fourth-order valence-electron chi connectivity index (χ4n) is 7.03. The van der Waals surface area contributed by atoms with Crippen LogP contribution in [0.2, 0.25) is 0 Å². The van der Waals surface area contributed by atoms with Crippen molar-refractivity contribution in [2.24, 2.45) is 0 Å². The van der Waals surface area contributed by atoms with E-state index < -0.39 is 8.16 Å². The zero-order chi connectivity index (χ0) is 28.5. The van der Waals surface area contributed by atoms with Gasteiger partial charge < -0.3 is 8.39 Å². The Morgan fingerprint density at radius 3 is 2.19 bits per heavy atom. The number of fused-ring (bicyclic) bond motifs is 8. The van der Waals surface area contributed by atoms with Crippen molar-refractivity contribution < 1.29 is 8.39 Å². The van der Waals surface area contributed by atoms with Gasteiger partial charge in [0.15, 0.2) is 0 Å². The van der Waals surface area contributed by atoms with Gasteiger partial charge in [0.25, 0.3) is 0 Å². The fraction of sp³-hybridized carbons (Fsp3) is 0.316. The van der Waals surface area contributed by atoms with E-state index in [9.17, 15) is 0 Å². The Balaban J connectivity index is 1.54. The lowest BCUT2D eigenvalue weighted by molar-refractivity contribution is 0.543. The molecule has 0 fully saturated rings. The third-order valence-electron chi connectivity index (χ3n) is 9.15. The first-order chi connectivity index (χ1) is 20.7. The molecule has 1 aromatic heterocycles. The zero-order valence-corrected chi connectivity index (χ0v) is 25.6. The molecular formula is C38H40NO2P. The molecular weight excluding hydrogens is 533 g/mol. The molecule has 0 saturated carbocycles. The predicted molar refractivity (Wildman–Crippen MR) is 180 cm³/mol. The minimum absolute atomic E-state index is 0.359. The molecule has 1 heterocycles. The van der Waals surface area contributed by atoms with E-state index in [4.69, 9.17) is 8.39 Å². The Hall–Kier alpha value is -3.52. The first-order valence-electron chi connectivity index (χ1n) is 15.8. The van der Waals surface area contributed by atoms with E-state index >= 15 is 0 Å². The standard InChI is InChI=1S/C38H40NO2P/c1-3-5-15-28(16-6-4-2)39-42-40-35-24-22-27-14-8-10-18-30(27)37(35)38-33-20-12-11-19-31(33)34(25-36(38)41-42)32-23-21-26-13-7-9-17-29(26)32/h7-14,17-20,22,24-25,28,32,39H,3-6,15-16,21,23H2,1-2H3/t32-,42?/m0/s1. The molecule has 0 saturated heterocycles. The molecule has 0 bridgehead atoms. The summed E-state index contributed by atoms with van der Waals surface area (Å²) >= 11 is 0. The topological polar surface area (TPSA) is 38.3 Å². The first kappa shape index (κ1) is 27.3. The van der Waals surface area contributed by atoms with Crippen molar-refractivity contribution >= 4 is 51.6 Å². The van der Waals surface area contributed by atoms with E-state index in [1.54, 1.807) is 0 Å². The molecule has 0 amide bonds. The summed E-state index contributed by atoms with van der Waals surface area (Å²) in [6, 6.07) is 33.6. The van der Waals surface area contributed by atoms with Crippen LogP contribution in [-0.4, -0.2) is 6.04 Å². The van der Waals surface area contributed by atoms with Gasteiger partial charge in [-0.25, -0.2) is 5.09 Å². The number of hydrogen-bond donors (Lipinski definition) is 1. The van der Waals surface area contributed by atoms with Crippen LogP contribution in [-0.2, 0) is 6.42 Å². The summed E-state index contributed by atoms with van der Waals surface area (Å²) in [5.74, 6) is 0.359. The molecule has 0 radical (unpaired) electrons. The summed E-state index contributed by atoms with van der Waals surface area (Å²) in [5, 5.41) is 11.1. The van der Waals surface area contributed by atoms with Gasteiger partial charge in [0, 0.05) is 22.7 Å². The summed E-state index contributed by atoms with van der Waals surface area (Å²) in [6.07, 6.45) is 9.33. The molecule has 1 unspecified atom stereocenters. The summed E-state index contributed by atoms with van der Waals surface area (Å²) in [6.45, 7) is 4.54. The van der Waals surface area contributed by atoms with Crippen molar-refractivity contribution in [3.8, 4) is 0 Å². The fourth-order valence-corrected chi connectivity index (χ4v) is 8.39. The average Bonchev–Trinajstić information content (AvgIpc) is 3.38. The zero-order valence-electron chi connectivity index (χ0n) is 24.7. The second-order valence-electron chi connectivity index (χ2n) is 11.9. The molecule has 42 heavy (non-hydrogen) atoms. The molecule has 0 spiro atoms. The number of unbranched alkanes of at least 4 members (excludes halogenated alkanes) is 2. The highest BCUT2D eigenvalue weighted by atomic mass is 31.1. The molecule has 3 nitrogen and oxygen atoms in total. The van der Waals surface area contributed by atoms with Crippen LogP contribution in [0, 0.1) is 0 Å². The number of benzene rings is 5. The van der Waals surface area contributed by atoms with E-state index in [0.717, 1.165) is 47.6 Å². The summed E-state index contributed by atoms with van der Waals surface area (Å²) in [4.78, 5) is 0. The predicted octanol–water partition coefficient (Wildman–Crippen LogP) is 12.0. The molecule has 5 aromatic carbocycles. The number of hydrogen-bond acceptors (Lipinski definition) is 3. The van der Waals surface area contributed by atoms with Gasteiger partial charge in [-0.05, 0) is 76.1 Å². The first-order valence-corrected chi connectivity index (χ1v) is 17.0. The largest absolute Gasteiger partial charge is 0.408 e. The highest BCUT2D eigenvalue weighted by Crippen LogP contribution is 2.46. The number of rotatable bonds is 9. The molecule has 214 valence electrons. The third kappa shape index (κ3) is 5.04. The van der Waals surface area contributed by atoms with Gasteiger partial charge in [-0.2, -0.15) is 0 Å². The SMILES string of the molecule is CCCCC(CCCC)Np1oc2ccc3ccccc3c2c2c(cc([C@H]3CCc4ccccc43)c3ccccc32)o1. The molecule has 1 aliphatic rings. The van der Waals surface area contributed by atoms with Crippen molar-refractivity contribution in [3.63, 3.8) is 0 Å². The average molecular weight is 574 g/mol. The van der Waals surface area contributed by atoms with Crippen LogP contribution in [0.15, 0.2) is 99.4 Å². The van der Waals surface area contributed by atoms with Crippen LogP contribution < -0.4 is 5.09 Å². The molecule has 0 aliphatic heterocycles. The molecule has 1 aliphatic carbocycles. The maximum Gasteiger partial charge on any atom is 0.307 e. The Bertz CT molecular complexity index is 1920. The normalized spacial score (nSPS) is 15.3. The van der Waals surface area contributed by atoms with Crippen LogP contribution in [0.3, 0.4) is 0 Å². The van der Waals surface area contributed by atoms with Gasteiger partial charge in [0.2, 0.25) is 0 Å². The smallest absolute Gasteiger partial charge is 0.307 e. The van der Waals surface area contributed by atoms with Crippen molar-refractivity contribution in [2.45, 2.75) is 77.2 Å². The lowest BCUT2D eigenvalue weighted by Crippen LogP contribution is -2.17. The maximum atomic E-state index is 7.01. The highest BCUT2D eigenvalue weighted by Gasteiger charge is 2.27. The Labute approximate surface area is 249 Å². The Morgan fingerprint density at radius 2 is 1.38 bits per heavy atom. The lowest BCUT2D eigenvalue weighted by Gasteiger charge is -2.17. The Kier molecular flexibility index (Phi) is 7.80. The van der Waals surface area contributed by atoms with Crippen LogP contribution in [0.4, 0.5) is 0 Å². The lowest BCUT2D eigenvalue weighted by atomic mass is 9.87. The van der Waals surface area contributed by atoms with Crippen LogP contribution in [0.5, 0.6) is 0 Å². The second kappa shape index (κ2) is 12.0. The van der Waals surface area contributed by atoms with Gasteiger partial charge >= 0.3 is 8.16 Å². The summed E-state index contributed by atoms with van der Waals surface area (Å²) in [7, 11) is -1.38. The molecule has 2 atom stereocenters. The molecule has 6 aromatic rings. The summed E-state index contributed by atoms with van der Waals surface area (Å²) in [5.41, 5.74) is 6.13. The van der Waals surface area contributed by atoms with E-state index in [2.05, 4.69) is 110 Å². The highest BCUT2D eigenvalue weighted by molar-refractivity contribution is 7.38. The minimum atomic E-state index is -1.38. The van der Waals surface area contributed by atoms with E-state index in [0.29, 0.717) is 12.0 Å². The van der Waals surface area contributed by atoms with Gasteiger partial charge in [-0.3, -0.25) is 0 Å². The van der Waals surface area contributed by atoms with Gasteiger partial charge in [-0.15, -0.1) is 0 Å². The van der Waals surface area contributed by atoms with Crippen molar-refractivity contribution in [3.05, 3.63) is 108 Å². The van der Waals surface area contributed by atoms with Gasteiger partial charge in [0.1, 0.15) is 11.2 Å². The van der Waals surface area contributed by atoms with Crippen molar-refractivity contribution in [1.82, 2.24) is 0 Å². The van der Waals surface area contributed by atoms with E-state index in [-0.39, 0.29) is 0 Å². The van der Waals surface area contributed by atoms with Crippen LogP contribution >= 0.6 is 8.16 Å². The minimum Gasteiger partial charge on any atom is -0.408 e. The van der Waals surface area contributed by atoms with Crippen LogP contribution in [0.1, 0.15) is 81.4 Å².